The highest BCUT2D eigenvalue weighted by molar-refractivity contribution is 7.18. The lowest BCUT2D eigenvalue weighted by molar-refractivity contribution is -0.141. The molecule has 4 nitrogen and oxygen atoms in total. The summed E-state index contributed by atoms with van der Waals surface area (Å²) in [5.74, 6) is -0.877. The van der Waals surface area contributed by atoms with Crippen LogP contribution in [0, 0.1) is 19.8 Å². The summed E-state index contributed by atoms with van der Waals surface area (Å²) < 4.78 is 0. The number of rotatable bonds is 3. The van der Waals surface area contributed by atoms with Crippen LogP contribution in [0.15, 0.2) is 0 Å². The number of aliphatic carboxylic acids is 1. The molecule has 0 spiro atoms. The van der Waals surface area contributed by atoms with Gasteiger partial charge in [0.2, 0.25) is 0 Å². The van der Waals surface area contributed by atoms with E-state index in [9.17, 15) is 4.79 Å². The predicted molar refractivity (Wildman–Crippen MR) is 72.4 cm³/mol. The van der Waals surface area contributed by atoms with Gasteiger partial charge in [0.25, 0.3) is 0 Å². The molecule has 0 radical (unpaired) electrons. The Morgan fingerprint density at radius 1 is 1.44 bits per heavy atom. The fourth-order valence-corrected chi connectivity index (χ4v) is 3.13. The van der Waals surface area contributed by atoms with E-state index in [1.807, 2.05) is 13.8 Å². The fraction of sp³-hybridized carbons (Fsp3) is 0.417. The molecule has 96 valence electrons. The summed E-state index contributed by atoms with van der Waals surface area (Å²) in [4.78, 5) is 21.4. The monoisotopic (exact) mass is 284 g/mol. The van der Waals surface area contributed by atoms with Crippen molar-refractivity contribution in [3.8, 4) is 0 Å². The zero-order chi connectivity index (χ0) is 13.4. The van der Waals surface area contributed by atoms with Crippen molar-refractivity contribution < 1.29 is 9.90 Å². The topological polar surface area (TPSA) is 63.1 Å². The SMILES string of the molecule is Cc1sc2nc(CC(C)C(=O)O)nc(Cl)c2c1C. The Bertz CT molecular complexity index is 624. The van der Waals surface area contributed by atoms with E-state index in [2.05, 4.69) is 9.97 Å². The van der Waals surface area contributed by atoms with E-state index < -0.39 is 11.9 Å². The van der Waals surface area contributed by atoms with Crippen molar-refractivity contribution >= 4 is 39.1 Å². The zero-order valence-corrected chi connectivity index (χ0v) is 11.9. The molecule has 1 atom stereocenters. The fourth-order valence-electron chi connectivity index (χ4n) is 1.69. The first kappa shape index (κ1) is 13.2. The number of thiophene rings is 1. The summed E-state index contributed by atoms with van der Waals surface area (Å²) in [5.41, 5.74) is 1.10. The number of carboxylic acid groups (broad SMARTS) is 1. The van der Waals surface area contributed by atoms with Gasteiger partial charge in [-0.2, -0.15) is 0 Å². The average molecular weight is 285 g/mol. The first-order valence-corrected chi connectivity index (χ1v) is 6.74. The number of carboxylic acids is 1. The molecule has 2 heterocycles. The molecule has 0 amide bonds. The molecule has 0 fully saturated rings. The van der Waals surface area contributed by atoms with Crippen molar-refractivity contribution in [2.45, 2.75) is 27.2 Å². The van der Waals surface area contributed by atoms with Crippen LogP contribution in [0.2, 0.25) is 5.15 Å². The lowest BCUT2D eigenvalue weighted by Gasteiger charge is -2.05. The quantitative estimate of drug-likeness (QED) is 0.879. The Hall–Kier alpha value is -1.20. The van der Waals surface area contributed by atoms with E-state index in [1.54, 1.807) is 18.3 Å². The third-order valence-electron chi connectivity index (χ3n) is 2.94. The molecule has 6 heteroatoms. The molecule has 0 saturated heterocycles. The van der Waals surface area contributed by atoms with Gasteiger partial charge in [-0.3, -0.25) is 4.79 Å². The minimum Gasteiger partial charge on any atom is -0.481 e. The van der Waals surface area contributed by atoms with Crippen molar-refractivity contribution in [1.82, 2.24) is 9.97 Å². The number of hydrogen-bond acceptors (Lipinski definition) is 4. The molecule has 2 aromatic heterocycles. The third kappa shape index (κ3) is 2.33. The summed E-state index contributed by atoms with van der Waals surface area (Å²) in [6, 6.07) is 0. The predicted octanol–water partition coefficient (Wildman–Crippen LogP) is 3.22. The van der Waals surface area contributed by atoms with E-state index in [1.165, 1.54) is 0 Å². The highest BCUT2D eigenvalue weighted by atomic mass is 35.5. The molecule has 0 bridgehead atoms. The van der Waals surface area contributed by atoms with Crippen molar-refractivity contribution in [3.63, 3.8) is 0 Å². The van der Waals surface area contributed by atoms with E-state index in [0.717, 1.165) is 20.7 Å². The summed E-state index contributed by atoms with van der Waals surface area (Å²) >= 11 is 7.71. The van der Waals surface area contributed by atoms with E-state index >= 15 is 0 Å². The summed E-state index contributed by atoms with van der Waals surface area (Å²) in [7, 11) is 0. The molecule has 2 rings (SSSR count). The van der Waals surface area contributed by atoms with Crippen LogP contribution in [-0.4, -0.2) is 21.0 Å². The number of nitrogens with zero attached hydrogens (tertiary/aromatic N) is 2. The van der Waals surface area contributed by atoms with Crippen LogP contribution in [0.25, 0.3) is 10.2 Å². The highest BCUT2D eigenvalue weighted by Crippen LogP contribution is 2.33. The van der Waals surface area contributed by atoms with Crippen LogP contribution < -0.4 is 0 Å². The maximum atomic E-state index is 10.8. The molecule has 18 heavy (non-hydrogen) atoms. The minimum atomic E-state index is -0.853. The second kappa shape index (κ2) is 4.82. The Morgan fingerprint density at radius 2 is 2.11 bits per heavy atom. The smallest absolute Gasteiger partial charge is 0.306 e. The maximum absolute atomic E-state index is 10.8. The van der Waals surface area contributed by atoms with Crippen molar-refractivity contribution in [2.24, 2.45) is 5.92 Å². The molecule has 0 aliphatic rings. The van der Waals surface area contributed by atoms with Crippen LogP contribution in [0.4, 0.5) is 0 Å². The Morgan fingerprint density at radius 3 is 2.72 bits per heavy atom. The lowest BCUT2D eigenvalue weighted by Crippen LogP contribution is -2.14. The third-order valence-corrected chi connectivity index (χ3v) is 4.32. The molecule has 0 aromatic carbocycles. The molecule has 1 unspecified atom stereocenters. The largest absolute Gasteiger partial charge is 0.481 e. The van der Waals surface area contributed by atoms with Crippen LogP contribution in [-0.2, 0) is 11.2 Å². The molecule has 0 saturated carbocycles. The van der Waals surface area contributed by atoms with Gasteiger partial charge in [-0.25, -0.2) is 9.97 Å². The number of halogens is 1. The number of hydrogen-bond donors (Lipinski definition) is 1. The van der Waals surface area contributed by atoms with Crippen LogP contribution in [0.1, 0.15) is 23.2 Å². The van der Waals surface area contributed by atoms with Gasteiger partial charge >= 0.3 is 5.97 Å². The number of aryl methyl sites for hydroxylation is 2. The number of fused-ring (bicyclic) bond motifs is 1. The van der Waals surface area contributed by atoms with Crippen LogP contribution in [0.5, 0.6) is 0 Å². The lowest BCUT2D eigenvalue weighted by atomic mass is 10.1. The van der Waals surface area contributed by atoms with Crippen molar-refractivity contribution in [3.05, 3.63) is 21.4 Å². The number of aromatic nitrogens is 2. The Labute approximate surface area is 114 Å². The standard InChI is InChI=1S/C12H13ClN2O2S/c1-5(12(16)17)4-8-14-10(13)9-6(2)7(3)18-11(9)15-8/h5H,4H2,1-3H3,(H,16,17). The molecule has 1 N–H and O–H groups in total. The highest BCUT2D eigenvalue weighted by Gasteiger charge is 2.17. The van der Waals surface area contributed by atoms with Gasteiger partial charge in [-0.05, 0) is 19.4 Å². The minimum absolute atomic E-state index is 0.293. The van der Waals surface area contributed by atoms with Gasteiger partial charge in [-0.1, -0.05) is 18.5 Å². The van der Waals surface area contributed by atoms with Gasteiger partial charge in [0, 0.05) is 11.3 Å². The Kier molecular flexibility index (Phi) is 3.54. The first-order valence-electron chi connectivity index (χ1n) is 5.55. The van der Waals surface area contributed by atoms with Crippen molar-refractivity contribution in [2.75, 3.05) is 0 Å². The summed E-state index contributed by atoms with van der Waals surface area (Å²) in [6.45, 7) is 5.63. The molecular formula is C12H13ClN2O2S. The normalized spacial score (nSPS) is 12.9. The van der Waals surface area contributed by atoms with Gasteiger partial charge in [0.15, 0.2) is 0 Å². The molecule has 0 aliphatic heterocycles. The van der Waals surface area contributed by atoms with E-state index in [0.29, 0.717) is 17.4 Å². The second-order valence-corrected chi connectivity index (χ2v) is 5.90. The summed E-state index contributed by atoms with van der Waals surface area (Å²) in [5, 5.41) is 10.2. The van der Waals surface area contributed by atoms with E-state index in [-0.39, 0.29) is 0 Å². The molecular weight excluding hydrogens is 272 g/mol. The van der Waals surface area contributed by atoms with E-state index in [4.69, 9.17) is 16.7 Å². The average Bonchev–Trinajstić information content (AvgIpc) is 2.54. The van der Waals surface area contributed by atoms with Gasteiger partial charge < -0.3 is 5.11 Å². The maximum Gasteiger partial charge on any atom is 0.306 e. The first-order chi connectivity index (χ1) is 8.40. The van der Waals surface area contributed by atoms with Gasteiger partial charge in [0.1, 0.15) is 15.8 Å². The van der Waals surface area contributed by atoms with Gasteiger partial charge in [0.05, 0.1) is 11.3 Å². The zero-order valence-electron chi connectivity index (χ0n) is 10.3. The number of carbonyl (C=O) groups is 1. The van der Waals surface area contributed by atoms with Crippen LogP contribution >= 0.6 is 22.9 Å². The molecule has 2 aromatic rings. The van der Waals surface area contributed by atoms with Crippen molar-refractivity contribution in [1.29, 1.82) is 0 Å². The van der Waals surface area contributed by atoms with Gasteiger partial charge in [-0.15, -0.1) is 11.3 Å². The Balaban J connectivity index is 2.46. The summed E-state index contributed by atoms with van der Waals surface area (Å²) in [6.07, 6.45) is 0.293. The second-order valence-electron chi connectivity index (χ2n) is 4.34. The molecule has 0 aliphatic carbocycles. The van der Waals surface area contributed by atoms with Crippen LogP contribution in [0.3, 0.4) is 0 Å².